The highest BCUT2D eigenvalue weighted by Gasteiger charge is 2.61. The molecule has 0 radical (unpaired) electrons. The number of carbonyl (C=O) groups excluding carboxylic acids is 2. The monoisotopic (exact) mass is 264 g/mol. The van der Waals surface area contributed by atoms with Crippen molar-refractivity contribution in [3.05, 3.63) is 0 Å². The summed E-state index contributed by atoms with van der Waals surface area (Å²) in [6.45, 7) is 0. The van der Waals surface area contributed by atoms with Crippen LogP contribution in [-0.2, 0) is 19.1 Å². The average Bonchev–Trinajstić information content (AvgIpc) is 2.28. The minimum Gasteiger partial charge on any atom is -0.469 e. The van der Waals surface area contributed by atoms with E-state index in [0.29, 0.717) is 6.42 Å². The molecule has 0 aromatic rings. The normalized spacial score (nSPS) is 26.8. The Morgan fingerprint density at radius 3 is 2.00 bits per heavy atom. The van der Waals surface area contributed by atoms with Crippen molar-refractivity contribution in [2.75, 3.05) is 26.7 Å². The van der Waals surface area contributed by atoms with Gasteiger partial charge in [0.15, 0.2) is 0 Å². The molecule has 0 saturated heterocycles. The van der Waals surface area contributed by atoms with Crippen molar-refractivity contribution in [3.63, 3.8) is 0 Å². The van der Waals surface area contributed by atoms with Gasteiger partial charge >= 0.3 is 11.9 Å². The molecule has 0 N–H and O–H groups in total. The summed E-state index contributed by atoms with van der Waals surface area (Å²) in [5.41, 5.74) is 0. The van der Waals surface area contributed by atoms with Gasteiger partial charge in [0.1, 0.15) is 0 Å². The van der Waals surface area contributed by atoms with E-state index in [4.69, 9.17) is 9.47 Å². The van der Waals surface area contributed by atoms with E-state index in [2.05, 4.69) is 0 Å². The third-order valence-corrected chi connectivity index (χ3v) is 6.25. The lowest BCUT2D eigenvalue weighted by Gasteiger charge is -2.49. The van der Waals surface area contributed by atoms with Crippen molar-refractivity contribution in [1.82, 2.24) is 0 Å². The Bertz CT molecular complexity index is 289. The van der Waals surface area contributed by atoms with Gasteiger partial charge in [-0.15, -0.1) is 23.5 Å². The number of hydrogen-bond donors (Lipinski definition) is 0. The molecule has 1 rings (SSSR count). The standard InChI is InChI=1S/C10H16O4S2/c1-13-8(11)6-5-10(15-3,16-4)7(6)9(12)14-2/h6-7H,5H2,1-4H3/t6-,7-/m1/s1. The van der Waals surface area contributed by atoms with Crippen LogP contribution in [0.3, 0.4) is 0 Å². The number of ether oxygens (including phenoxy) is 2. The molecule has 1 aliphatic carbocycles. The number of esters is 2. The van der Waals surface area contributed by atoms with Gasteiger partial charge in [0.05, 0.1) is 30.1 Å². The molecule has 0 bridgehead atoms. The molecule has 6 heteroatoms. The van der Waals surface area contributed by atoms with Crippen LogP contribution in [0.25, 0.3) is 0 Å². The Morgan fingerprint density at radius 2 is 1.62 bits per heavy atom. The molecular weight excluding hydrogens is 248 g/mol. The van der Waals surface area contributed by atoms with E-state index in [0.717, 1.165) is 0 Å². The van der Waals surface area contributed by atoms with E-state index in [-0.39, 0.29) is 21.9 Å². The van der Waals surface area contributed by atoms with Gasteiger partial charge in [-0.1, -0.05) is 0 Å². The van der Waals surface area contributed by atoms with Gasteiger partial charge < -0.3 is 9.47 Å². The van der Waals surface area contributed by atoms with Crippen LogP contribution in [0.5, 0.6) is 0 Å². The topological polar surface area (TPSA) is 52.6 Å². The quantitative estimate of drug-likeness (QED) is 0.565. The lowest BCUT2D eigenvalue weighted by Crippen LogP contribution is -2.56. The highest BCUT2D eigenvalue weighted by atomic mass is 32.2. The molecule has 0 heterocycles. The predicted octanol–water partition coefficient (Wildman–Crippen LogP) is 1.39. The van der Waals surface area contributed by atoms with Crippen LogP contribution in [0, 0.1) is 11.8 Å². The van der Waals surface area contributed by atoms with Gasteiger partial charge in [0.2, 0.25) is 0 Å². The Kier molecular flexibility index (Phi) is 4.55. The van der Waals surface area contributed by atoms with Gasteiger partial charge in [0.25, 0.3) is 0 Å². The van der Waals surface area contributed by atoms with Gasteiger partial charge in [0, 0.05) is 0 Å². The van der Waals surface area contributed by atoms with Crippen molar-refractivity contribution in [3.8, 4) is 0 Å². The second-order valence-electron chi connectivity index (χ2n) is 3.55. The maximum absolute atomic E-state index is 11.7. The fraction of sp³-hybridized carbons (Fsp3) is 0.800. The van der Waals surface area contributed by atoms with Crippen LogP contribution in [0.2, 0.25) is 0 Å². The van der Waals surface area contributed by atoms with Crippen molar-refractivity contribution in [2.24, 2.45) is 11.8 Å². The van der Waals surface area contributed by atoms with Crippen LogP contribution in [0.4, 0.5) is 0 Å². The number of hydrogen-bond acceptors (Lipinski definition) is 6. The fourth-order valence-electron chi connectivity index (χ4n) is 2.04. The summed E-state index contributed by atoms with van der Waals surface area (Å²) >= 11 is 3.19. The first-order valence-electron chi connectivity index (χ1n) is 4.82. The zero-order valence-corrected chi connectivity index (χ0v) is 11.4. The number of rotatable bonds is 4. The Balaban J connectivity index is 2.88. The number of thioether (sulfide) groups is 2. The Hall–Kier alpha value is -0.360. The molecule has 2 atom stereocenters. The summed E-state index contributed by atoms with van der Waals surface area (Å²) in [6.07, 6.45) is 4.54. The van der Waals surface area contributed by atoms with Crippen LogP contribution in [-0.4, -0.2) is 42.7 Å². The fourth-order valence-corrected chi connectivity index (χ4v) is 4.43. The van der Waals surface area contributed by atoms with E-state index in [1.54, 1.807) is 23.5 Å². The molecule has 0 unspecified atom stereocenters. The zero-order valence-electron chi connectivity index (χ0n) is 9.81. The summed E-state index contributed by atoms with van der Waals surface area (Å²) in [5.74, 6) is -1.42. The molecule has 16 heavy (non-hydrogen) atoms. The van der Waals surface area contributed by atoms with Gasteiger partial charge in [-0.3, -0.25) is 9.59 Å². The molecular formula is C10H16O4S2. The van der Waals surface area contributed by atoms with Gasteiger partial charge in [-0.2, -0.15) is 0 Å². The first-order valence-corrected chi connectivity index (χ1v) is 7.27. The molecule has 1 fully saturated rings. The van der Waals surface area contributed by atoms with Crippen molar-refractivity contribution in [2.45, 2.75) is 10.5 Å². The molecule has 4 nitrogen and oxygen atoms in total. The second kappa shape index (κ2) is 5.31. The first-order chi connectivity index (χ1) is 7.56. The maximum atomic E-state index is 11.7. The highest BCUT2D eigenvalue weighted by Crippen LogP contribution is 2.58. The summed E-state index contributed by atoms with van der Waals surface area (Å²) in [4.78, 5) is 23.2. The van der Waals surface area contributed by atoms with Crippen LogP contribution in [0.15, 0.2) is 0 Å². The van der Waals surface area contributed by atoms with E-state index in [1.807, 2.05) is 12.5 Å². The van der Waals surface area contributed by atoms with Crippen LogP contribution < -0.4 is 0 Å². The largest absolute Gasteiger partial charge is 0.469 e. The number of methoxy groups -OCH3 is 2. The van der Waals surface area contributed by atoms with Crippen molar-refractivity contribution >= 4 is 35.5 Å². The highest BCUT2D eigenvalue weighted by molar-refractivity contribution is 8.17. The van der Waals surface area contributed by atoms with Crippen LogP contribution in [0.1, 0.15) is 6.42 Å². The van der Waals surface area contributed by atoms with Crippen LogP contribution >= 0.6 is 23.5 Å². The minimum atomic E-state index is -0.407. The molecule has 0 aliphatic heterocycles. The van der Waals surface area contributed by atoms with E-state index in [1.165, 1.54) is 14.2 Å². The first kappa shape index (κ1) is 13.7. The molecule has 1 aliphatic rings. The van der Waals surface area contributed by atoms with Crippen molar-refractivity contribution in [1.29, 1.82) is 0 Å². The molecule has 0 aromatic carbocycles. The molecule has 0 amide bonds. The third-order valence-electron chi connectivity index (χ3n) is 3.03. The van der Waals surface area contributed by atoms with E-state index >= 15 is 0 Å². The summed E-state index contributed by atoms with van der Waals surface area (Å²) in [5, 5.41) is 0. The maximum Gasteiger partial charge on any atom is 0.311 e. The van der Waals surface area contributed by atoms with E-state index < -0.39 is 5.92 Å². The number of carbonyl (C=O) groups is 2. The molecule has 0 spiro atoms. The summed E-state index contributed by atoms with van der Waals surface area (Å²) < 4.78 is 9.22. The van der Waals surface area contributed by atoms with Crippen molar-refractivity contribution < 1.29 is 19.1 Å². The molecule has 0 aromatic heterocycles. The smallest absolute Gasteiger partial charge is 0.311 e. The lowest BCUT2D eigenvalue weighted by molar-refractivity contribution is -0.164. The second-order valence-corrected chi connectivity index (χ2v) is 6.09. The van der Waals surface area contributed by atoms with Gasteiger partial charge in [-0.25, -0.2) is 0 Å². The molecule has 92 valence electrons. The van der Waals surface area contributed by atoms with E-state index in [9.17, 15) is 9.59 Å². The summed E-state index contributed by atoms with van der Waals surface area (Å²) in [7, 11) is 2.69. The minimum absolute atomic E-state index is 0.244. The predicted molar refractivity (Wildman–Crippen MR) is 65.4 cm³/mol. The average molecular weight is 264 g/mol. The third kappa shape index (κ3) is 2.05. The molecule has 1 saturated carbocycles. The summed E-state index contributed by atoms with van der Waals surface area (Å²) in [6, 6.07) is 0. The Morgan fingerprint density at radius 1 is 1.12 bits per heavy atom. The SMILES string of the molecule is COC(=O)[C@@H]1CC(SC)(SC)[C@H]1C(=O)OC. The zero-order chi connectivity index (χ0) is 12.3. The Labute approximate surface area is 104 Å². The lowest BCUT2D eigenvalue weighted by atomic mass is 9.72. The van der Waals surface area contributed by atoms with Gasteiger partial charge in [-0.05, 0) is 18.9 Å².